The van der Waals surface area contributed by atoms with E-state index in [1.807, 2.05) is 0 Å². The zero-order valence-electron chi connectivity index (χ0n) is 18.1. The number of halogens is 4. The van der Waals surface area contributed by atoms with Gasteiger partial charge in [0, 0.05) is 36.3 Å². The molecule has 3 saturated carbocycles. The number of nitrogens with zero attached hydrogens (tertiary/aromatic N) is 1. The molecule has 3 atom stereocenters. The third-order valence-corrected chi connectivity index (χ3v) is 6.88. The van der Waals surface area contributed by atoms with Gasteiger partial charge in [-0.25, -0.2) is 9.40 Å². The van der Waals surface area contributed by atoms with E-state index in [0.29, 0.717) is 12.1 Å². The van der Waals surface area contributed by atoms with E-state index in [2.05, 4.69) is 38.0 Å². The van der Waals surface area contributed by atoms with E-state index in [1.165, 1.54) is 0 Å². The molecule has 182 valence electrons. The quantitative estimate of drug-likeness (QED) is 0.445. The highest BCUT2D eigenvalue weighted by atomic mass is 19.4. The number of benzene rings is 1. The second-order valence-corrected chi connectivity index (χ2v) is 9.67. The number of fused-ring (bicyclic) bond motifs is 1. The molecule has 0 aromatic heterocycles. The third kappa shape index (κ3) is 4.61. The molecule has 1 aromatic carbocycles. The summed E-state index contributed by atoms with van der Waals surface area (Å²) in [6.45, 7) is 3.71. The van der Waals surface area contributed by atoms with Gasteiger partial charge in [0.15, 0.2) is 18.2 Å². The molecular weight excluding hydrogens is 446 g/mol. The Morgan fingerprint density at radius 1 is 1.27 bits per heavy atom. The molecule has 2 aliphatic heterocycles. The van der Waals surface area contributed by atoms with Gasteiger partial charge >= 0.3 is 6.36 Å². The van der Waals surface area contributed by atoms with Crippen LogP contribution in [0.1, 0.15) is 32.6 Å². The fourth-order valence-electron chi connectivity index (χ4n) is 5.75. The van der Waals surface area contributed by atoms with Crippen LogP contribution in [0.2, 0.25) is 0 Å². The molecule has 2 saturated heterocycles. The maximum absolute atomic E-state index is 13.8. The van der Waals surface area contributed by atoms with Gasteiger partial charge in [-0.05, 0) is 44.7 Å². The molecule has 6 rings (SSSR count). The van der Waals surface area contributed by atoms with E-state index in [1.54, 1.807) is 0 Å². The minimum Gasteiger partial charge on any atom is -0.484 e. The van der Waals surface area contributed by atoms with Crippen LogP contribution in [0.25, 0.3) is 0 Å². The van der Waals surface area contributed by atoms with Crippen LogP contribution in [0.3, 0.4) is 0 Å². The lowest BCUT2D eigenvalue weighted by Crippen LogP contribution is -2.86. The van der Waals surface area contributed by atoms with Crippen LogP contribution in [-0.4, -0.2) is 66.3 Å². The van der Waals surface area contributed by atoms with Crippen molar-refractivity contribution in [3.05, 3.63) is 24.0 Å². The number of amides is 1. The molecule has 4 N–H and O–H groups in total. The van der Waals surface area contributed by atoms with Crippen LogP contribution in [0.5, 0.6) is 11.5 Å². The lowest BCUT2D eigenvalue weighted by Gasteiger charge is -2.71. The largest absolute Gasteiger partial charge is 0.573 e. The Balaban J connectivity index is 1.07. The standard InChI is InChI=1S/C21H27F4N5O3/c1-12-6-15-18(26-4-5-30(15)29-12)28-20-9-19(10-20,11-20)27-17(31)8-32-13-2-3-16(14(22)7-13)33-21(23,24)25/h2-3,7,12,15,18,26,28-29H,4-6,8-11H2,1H3,(H,27,31). The molecule has 3 aliphatic carbocycles. The Bertz CT molecular complexity index is 910. The number of hydrazine groups is 1. The normalized spacial score (nSPS) is 35.2. The summed E-state index contributed by atoms with van der Waals surface area (Å²) in [5.74, 6) is -2.58. The predicted molar refractivity (Wildman–Crippen MR) is 109 cm³/mol. The van der Waals surface area contributed by atoms with E-state index in [9.17, 15) is 22.4 Å². The number of carbonyl (C=O) groups is 1. The zero-order valence-corrected chi connectivity index (χ0v) is 18.1. The van der Waals surface area contributed by atoms with Crippen LogP contribution in [0.15, 0.2) is 18.2 Å². The highest BCUT2D eigenvalue weighted by Gasteiger charge is 2.69. The van der Waals surface area contributed by atoms with E-state index in [0.717, 1.165) is 57.0 Å². The first-order valence-electron chi connectivity index (χ1n) is 11.1. The summed E-state index contributed by atoms with van der Waals surface area (Å²) >= 11 is 0. The van der Waals surface area contributed by atoms with Gasteiger partial charge in [0.05, 0.1) is 12.2 Å². The fourth-order valence-corrected chi connectivity index (χ4v) is 5.75. The lowest BCUT2D eigenvalue weighted by molar-refractivity contribution is -0.275. The molecule has 1 aromatic rings. The summed E-state index contributed by atoms with van der Waals surface area (Å²) < 4.78 is 59.2. The SMILES string of the molecule is CC1CC2C(NC34CC(NC(=O)COc5ccc(OC(F)(F)F)c(F)c5)(C3)C4)NCCN2N1. The Kier molecular flexibility index (Phi) is 5.46. The van der Waals surface area contributed by atoms with Crippen molar-refractivity contribution >= 4 is 5.91 Å². The first-order valence-corrected chi connectivity index (χ1v) is 11.1. The van der Waals surface area contributed by atoms with Gasteiger partial charge in [0.1, 0.15) is 5.75 Å². The first-order chi connectivity index (χ1) is 15.5. The smallest absolute Gasteiger partial charge is 0.484 e. The summed E-state index contributed by atoms with van der Waals surface area (Å²) in [5.41, 5.74) is 3.27. The number of ether oxygens (including phenoxy) is 2. The second-order valence-electron chi connectivity index (χ2n) is 9.67. The Labute approximate surface area is 188 Å². The van der Waals surface area contributed by atoms with Crippen molar-refractivity contribution in [3.8, 4) is 11.5 Å². The van der Waals surface area contributed by atoms with Crippen molar-refractivity contribution in [1.82, 2.24) is 26.4 Å². The molecule has 2 heterocycles. The highest BCUT2D eigenvalue weighted by molar-refractivity contribution is 5.79. The summed E-state index contributed by atoms with van der Waals surface area (Å²) in [6, 6.07) is 3.55. The van der Waals surface area contributed by atoms with Gasteiger partial charge in [0.2, 0.25) is 0 Å². The van der Waals surface area contributed by atoms with E-state index in [4.69, 9.17) is 4.74 Å². The summed E-state index contributed by atoms with van der Waals surface area (Å²) in [6.07, 6.45) is -1.22. The van der Waals surface area contributed by atoms with Crippen LogP contribution in [0.4, 0.5) is 17.6 Å². The Morgan fingerprint density at radius 2 is 2.03 bits per heavy atom. The van der Waals surface area contributed by atoms with E-state index >= 15 is 0 Å². The number of rotatable bonds is 7. The monoisotopic (exact) mass is 473 g/mol. The summed E-state index contributed by atoms with van der Waals surface area (Å²) in [7, 11) is 0. The molecule has 3 unspecified atom stereocenters. The Hall–Kier alpha value is -2.15. The van der Waals surface area contributed by atoms with Gasteiger partial charge < -0.3 is 14.8 Å². The van der Waals surface area contributed by atoms with Crippen molar-refractivity contribution in [2.45, 2.75) is 68.3 Å². The highest BCUT2D eigenvalue weighted by Crippen LogP contribution is 2.60. The van der Waals surface area contributed by atoms with Crippen molar-refractivity contribution in [2.75, 3.05) is 19.7 Å². The van der Waals surface area contributed by atoms with E-state index < -0.39 is 17.9 Å². The molecule has 5 fully saturated rings. The average molecular weight is 473 g/mol. The first kappa shape index (κ1) is 22.6. The minimum absolute atomic E-state index is 0.0259. The molecule has 33 heavy (non-hydrogen) atoms. The topological polar surface area (TPSA) is 86.9 Å². The van der Waals surface area contributed by atoms with Crippen LogP contribution in [-0.2, 0) is 4.79 Å². The predicted octanol–water partition coefficient (Wildman–Crippen LogP) is 1.38. The Morgan fingerprint density at radius 3 is 2.73 bits per heavy atom. The van der Waals surface area contributed by atoms with E-state index in [-0.39, 0.29) is 35.5 Å². The van der Waals surface area contributed by atoms with Gasteiger partial charge in [-0.2, -0.15) is 0 Å². The number of nitrogens with one attached hydrogen (secondary N) is 4. The minimum atomic E-state index is -4.99. The molecule has 1 amide bonds. The number of hydrogen-bond acceptors (Lipinski definition) is 7. The lowest BCUT2D eigenvalue weighted by atomic mass is 9.44. The average Bonchev–Trinajstić information content (AvgIpc) is 3.06. The van der Waals surface area contributed by atoms with Crippen LogP contribution < -0.4 is 30.8 Å². The number of piperazine rings is 1. The molecule has 0 radical (unpaired) electrons. The molecule has 12 heteroatoms. The van der Waals surface area contributed by atoms with Gasteiger partial charge in [-0.3, -0.25) is 20.9 Å². The van der Waals surface area contributed by atoms with Crippen LogP contribution in [0, 0.1) is 5.82 Å². The van der Waals surface area contributed by atoms with Crippen molar-refractivity contribution in [2.24, 2.45) is 0 Å². The maximum atomic E-state index is 13.8. The number of alkyl halides is 3. The molecule has 0 spiro atoms. The van der Waals surface area contributed by atoms with Crippen LogP contribution >= 0.6 is 0 Å². The second kappa shape index (κ2) is 7.97. The third-order valence-electron chi connectivity index (χ3n) is 6.88. The zero-order chi connectivity index (χ0) is 23.4. The fraction of sp³-hybridized carbons (Fsp3) is 0.667. The number of hydrogen-bond donors (Lipinski definition) is 4. The molecular formula is C21H27F4N5O3. The summed E-state index contributed by atoms with van der Waals surface area (Å²) in [5, 5.41) is 12.6. The molecule has 8 nitrogen and oxygen atoms in total. The maximum Gasteiger partial charge on any atom is 0.573 e. The summed E-state index contributed by atoms with van der Waals surface area (Å²) in [4.78, 5) is 12.3. The molecule has 5 aliphatic rings. The van der Waals surface area contributed by atoms with Gasteiger partial charge in [-0.1, -0.05) is 0 Å². The van der Waals surface area contributed by atoms with Crippen molar-refractivity contribution < 1.29 is 31.8 Å². The van der Waals surface area contributed by atoms with Crippen molar-refractivity contribution in [1.29, 1.82) is 0 Å². The van der Waals surface area contributed by atoms with Crippen molar-refractivity contribution in [3.63, 3.8) is 0 Å². The molecule has 2 bridgehead atoms. The van der Waals surface area contributed by atoms with Gasteiger partial charge in [-0.15, -0.1) is 13.2 Å². The number of carbonyl (C=O) groups excluding carboxylic acids is 1. The van der Waals surface area contributed by atoms with Gasteiger partial charge in [0.25, 0.3) is 5.91 Å².